The maximum absolute atomic E-state index is 12.8. The van der Waals surface area contributed by atoms with Gasteiger partial charge in [-0.2, -0.15) is 4.98 Å². The smallest absolute Gasteiger partial charge is 0.410 e. The Morgan fingerprint density at radius 1 is 1.26 bits per heavy atom. The summed E-state index contributed by atoms with van der Waals surface area (Å²) in [5, 5.41) is 6.51. The first-order chi connectivity index (χ1) is 18.5. The Bertz CT molecular complexity index is 1210. The number of anilines is 3. The number of rotatable bonds is 10. The highest BCUT2D eigenvalue weighted by Crippen LogP contribution is 2.36. The van der Waals surface area contributed by atoms with Crippen molar-refractivity contribution in [1.29, 1.82) is 0 Å². The number of ketones is 1. The Labute approximate surface area is 231 Å². The molecule has 0 radical (unpaired) electrons. The maximum Gasteiger partial charge on any atom is 0.410 e. The van der Waals surface area contributed by atoms with Crippen LogP contribution in [0.25, 0.3) is 0 Å². The van der Waals surface area contributed by atoms with Gasteiger partial charge in [-0.15, -0.1) is 0 Å². The van der Waals surface area contributed by atoms with Crippen molar-refractivity contribution in [2.24, 2.45) is 11.8 Å². The van der Waals surface area contributed by atoms with Gasteiger partial charge in [0, 0.05) is 43.9 Å². The molecule has 10 nitrogen and oxygen atoms in total. The topological polar surface area (TPSA) is 119 Å². The number of methoxy groups -OCH3 is 1. The van der Waals surface area contributed by atoms with Gasteiger partial charge >= 0.3 is 6.09 Å². The molecular formula is C29H40N6O4. The molecule has 1 amide bonds. The van der Waals surface area contributed by atoms with Gasteiger partial charge in [0.25, 0.3) is 0 Å². The van der Waals surface area contributed by atoms with E-state index in [0.717, 1.165) is 37.1 Å². The molecule has 1 aliphatic carbocycles. The van der Waals surface area contributed by atoms with Gasteiger partial charge in [0.15, 0.2) is 5.78 Å². The van der Waals surface area contributed by atoms with Crippen LogP contribution in [0.3, 0.4) is 0 Å². The van der Waals surface area contributed by atoms with E-state index >= 15 is 0 Å². The number of Topliss-reactive ketones (excluding diaryl/α,β-unsaturated/α-hetero) is 1. The van der Waals surface area contributed by atoms with E-state index in [-0.39, 0.29) is 17.6 Å². The van der Waals surface area contributed by atoms with E-state index in [4.69, 9.17) is 9.47 Å². The summed E-state index contributed by atoms with van der Waals surface area (Å²) in [6, 6.07) is 3.05. The van der Waals surface area contributed by atoms with Gasteiger partial charge in [0.1, 0.15) is 11.4 Å². The molecule has 39 heavy (non-hydrogen) atoms. The van der Waals surface area contributed by atoms with Crippen LogP contribution in [0.1, 0.15) is 65.9 Å². The summed E-state index contributed by atoms with van der Waals surface area (Å²) in [5.41, 5.74) is 0.896. The number of likely N-dealkylation sites (N-methyl/N-ethyl adjacent to an activating group) is 1. The molecule has 210 valence electrons. The predicted octanol–water partition coefficient (Wildman–Crippen LogP) is 5.04. The SMILES string of the molecule is CCCNc1nc(Nc2ccnc(OC)c2)ncc1C#CC1CC(CC(=O)[C@H](C)N(C)C(=O)OC(C)(C)C)C1. The summed E-state index contributed by atoms with van der Waals surface area (Å²) < 4.78 is 10.6. The first-order valence-corrected chi connectivity index (χ1v) is 13.4. The van der Waals surface area contributed by atoms with Crippen LogP contribution in [0.4, 0.5) is 22.2 Å². The first kappa shape index (κ1) is 29.7. The van der Waals surface area contributed by atoms with Gasteiger partial charge in [0.05, 0.1) is 24.9 Å². The van der Waals surface area contributed by atoms with E-state index < -0.39 is 17.7 Å². The van der Waals surface area contributed by atoms with Crippen molar-refractivity contribution in [2.75, 3.05) is 31.3 Å². The molecule has 0 saturated heterocycles. The number of hydrogen-bond acceptors (Lipinski definition) is 9. The molecule has 2 aromatic rings. The standard InChI is InChI=1S/C29H40N6O4/c1-8-12-31-26-22(18-32-27(34-26)33-23-11-13-30-25(17-23)38-7)10-9-20-14-21(15-20)16-24(36)19(2)35(6)28(37)39-29(3,4)5/h11,13,17-21H,8,12,14-16H2,1-7H3,(H2,30,31,32,33,34)/t19-,20?,21?/m0/s1. The minimum atomic E-state index is -0.602. The number of carbonyl (C=O) groups is 2. The van der Waals surface area contributed by atoms with Crippen molar-refractivity contribution in [1.82, 2.24) is 19.9 Å². The molecule has 0 aromatic carbocycles. The second-order valence-electron chi connectivity index (χ2n) is 10.8. The summed E-state index contributed by atoms with van der Waals surface area (Å²) in [7, 11) is 3.17. The molecule has 2 heterocycles. The summed E-state index contributed by atoms with van der Waals surface area (Å²) in [6.07, 6.45) is 5.95. The number of amides is 1. The number of pyridine rings is 1. The fraction of sp³-hybridized carbons (Fsp3) is 0.552. The average molecular weight is 537 g/mol. The summed E-state index contributed by atoms with van der Waals surface area (Å²) in [6.45, 7) is 10.0. The summed E-state index contributed by atoms with van der Waals surface area (Å²) in [4.78, 5) is 39.6. The fourth-order valence-electron chi connectivity index (χ4n) is 4.00. The Hall–Kier alpha value is -3.87. The van der Waals surface area contributed by atoms with Gasteiger partial charge in [-0.3, -0.25) is 4.79 Å². The second kappa shape index (κ2) is 13.3. The van der Waals surface area contributed by atoms with Crippen LogP contribution in [-0.2, 0) is 9.53 Å². The minimum absolute atomic E-state index is 0.0362. The number of hydrogen-bond donors (Lipinski definition) is 2. The quantitative estimate of drug-likeness (QED) is 0.403. The Morgan fingerprint density at radius 3 is 2.67 bits per heavy atom. The van der Waals surface area contributed by atoms with Gasteiger partial charge in [-0.05, 0) is 58.9 Å². The maximum atomic E-state index is 12.8. The van der Waals surface area contributed by atoms with Gasteiger partial charge in [0.2, 0.25) is 11.8 Å². The van der Waals surface area contributed by atoms with Crippen molar-refractivity contribution in [3.8, 4) is 17.7 Å². The molecule has 1 saturated carbocycles. The molecule has 0 unspecified atom stereocenters. The molecular weight excluding hydrogens is 496 g/mol. The van der Waals surface area contributed by atoms with Gasteiger partial charge < -0.3 is 25.0 Å². The molecule has 0 aliphatic heterocycles. The third kappa shape index (κ3) is 8.84. The van der Waals surface area contributed by atoms with E-state index in [1.54, 1.807) is 60.3 Å². The molecule has 10 heteroatoms. The number of ether oxygens (including phenoxy) is 2. The van der Waals surface area contributed by atoms with Crippen LogP contribution in [0.15, 0.2) is 24.5 Å². The largest absolute Gasteiger partial charge is 0.481 e. The number of nitrogens with zero attached hydrogens (tertiary/aromatic N) is 4. The summed E-state index contributed by atoms with van der Waals surface area (Å²) >= 11 is 0. The minimum Gasteiger partial charge on any atom is -0.481 e. The third-order valence-electron chi connectivity index (χ3n) is 6.40. The summed E-state index contributed by atoms with van der Waals surface area (Å²) in [5.74, 6) is 8.69. The molecule has 3 rings (SSSR count). The van der Waals surface area contributed by atoms with Crippen molar-refractivity contribution in [3.05, 3.63) is 30.1 Å². The molecule has 2 N–H and O–H groups in total. The van der Waals surface area contributed by atoms with Crippen LogP contribution < -0.4 is 15.4 Å². The third-order valence-corrected chi connectivity index (χ3v) is 6.40. The van der Waals surface area contributed by atoms with Crippen molar-refractivity contribution >= 4 is 29.3 Å². The highest BCUT2D eigenvalue weighted by Gasteiger charge is 2.33. The molecule has 0 bridgehead atoms. The zero-order valence-electron chi connectivity index (χ0n) is 24.0. The zero-order valence-corrected chi connectivity index (χ0v) is 24.0. The van der Waals surface area contributed by atoms with Crippen LogP contribution in [0, 0.1) is 23.7 Å². The Balaban J connectivity index is 1.57. The zero-order chi connectivity index (χ0) is 28.6. The highest BCUT2D eigenvalue weighted by atomic mass is 16.6. The molecule has 1 fully saturated rings. The first-order valence-electron chi connectivity index (χ1n) is 13.4. The van der Waals surface area contributed by atoms with Gasteiger partial charge in [-0.1, -0.05) is 18.8 Å². The average Bonchev–Trinajstić information content (AvgIpc) is 2.87. The predicted molar refractivity (Wildman–Crippen MR) is 151 cm³/mol. The number of nitrogens with one attached hydrogen (secondary N) is 2. The normalized spacial score (nSPS) is 17.1. The van der Waals surface area contributed by atoms with Crippen molar-refractivity contribution < 1.29 is 19.1 Å². The van der Waals surface area contributed by atoms with Crippen LogP contribution >= 0.6 is 0 Å². The van der Waals surface area contributed by atoms with Gasteiger partial charge in [-0.25, -0.2) is 14.8 Å². The number of aromatic nitrogens is 3. The van der Waals surface area contributed by atoms with Crippen LogP contribution in [0.2, 0.25) is 0 Å². The second-order valence-corrected chi connectivity index (χ2v) is 10.8. The molecule has 2 aromatic heterocycles. The Kier molecular flexibility index (Phi) is 10.1. The van der Waals surface area contributed by atoms with E-state index in [2.05, 4.69) is 44.4 Å². The molecule has 1 aliphatic rings. The van der Waals surface area contributed by atoms with E-state index in [1.807, 2.05) is 6.07 Å². The molecule has 1 atom stereocenters. The van der Waals surface area contributed by atoms with Crippen molar-refractivity contribution in [3.63, 3.8) is 0 Å². The lowest BCUT2D eigenvalue weighted by Gasteiger charge is -2.33. The van der Waals surface area contributed by atoms with E-state index in [9.17, 15) is 9.59 Å². The monoisotopic (exact) mass is 536 g/mol. The highest BCUT2D eigenvalue weighted by molar-refractivity contribution is 5.87. The lowest BCUT2D eigenvalue weighted by atomic mass is 9.72. The lowest BCUT2D eigenvalue weighted by Crippen LogP contribution is -2.44. The lowest BCUT2D eigenvalue weighted by molar-refractivity contribution is -0.125. The van der Waals surface area contributed by atoms with Crippen molar-refractivity contribution in [2.45, 2.75) is 71.9 Å². The van der Waals surface area contributed by atoms with Crippen LogP contribution in [0.5, 0.6) is 5.88 Å². The fourth-order valence-corrected chi connectivity index (χ4v) is 4.00. The van der Waals surface area contributed by atoms with Crippen LogP contribution in [-0.4, -0.2) is 64.1 Å². The number of carbonyl (C=O) groups excluding carboxylic acids is 2. The van der Waals surface area contributed by atoms with E-state index in [0.29, 0.717) is 24.1 Å². The molecule has 0 spiro atoms. The van der Waals surface area contributed by atoms with E-state index in [1.165, 1.54) is 4.90 Å². The Morgan fingerprint density at radius 2 is 2.00 bits per heavy atom.